The maximum atomic E-state index is 12.3. The molecule has 0 unspecified atom stereocenters. The lowest BCUT2D eigenvalue weighted by Crippen LogP contribution is -2.48. The molecule has 2 aliphatic rings. The van der Waals surface area contributed by atoms with Crippen molar-refractivity contribution >= 4 is 5.91 Å². The van der Waals surface area contributed by atoms with Crippen LogP contribution in [0.25, 0.3) is 0 Å². The minimum absolute atomic E-state index is 0.177. The van der Waals surface area contributed by atoms with Crippen LogP contribution < -0.4 is 4.74 Å². The zero-order chi connectivity index (χ0) is 18.6. The van der Waals surface area contributed by atoms with Gasteiger partial charge < -0.3 is 14.2 Å². The second-order valence-electron chi connectivity index (χ2n) is 7.81. The molecule has 6 heteroatoms. The topological polar surface area (TPSA) is 68.5 Å². The summed E-state index contributed by atoms with van der Waals surface area (Å²) in [5.41, 5.74) is 1.17. The fraction of sp³-hybridized carbons (Fsp3) is 0.571. The van der Waals surface area contributed by atoms with E-state index in [1.807, 2.05) is 36.1 Å². The Labute approximate surface area is 159 Å². The zero-order valence-corrected chi connectivity index (χ0v) is 15.9. The van der Waals surface area contributed by atoms with Crippen molar-refractivity contribution in [3.8, 4) is 5.75 Å². The van der Waals surface area contributed by atoms with E-state index >= 15 is 0 Å². The second-order valence-corrected chi connectivity index (χ2v) is 7.81. The Morgan fingerprint density at radius 2 is 2.11 bits per heavy atom. The summed E-state index contributed by atoms with van der Waals surface area (Å²) in [6.07, 6.45) is 6.28. The number of aryl methyl sites for hydroxylation is 1. The van der Waals surface area contributed by atoms with Crippen molar-refractivity contribution in [1.29, 1.82) is 0 Å². The highest BCUT2D eigenvalue weighted by atomic mass is 16.5. The first kappa shape index (κ1) is 18.0. The number of aromatic nitrogens is 2. The molecule has 27 heavy (non-hydrogen) atoms. The van der Waals surface area contributed by atoms with Crippen LogP contribution in [-0.4, -0.2) is 40.6 Å². The Bertz CT molecular complexity index is 776. The van der Waals surface area contributed by atoms with Crippen LogP contribution in [0.1, 0.15) is 55.3 Å². The summed E-state index contributed by atoms with van der Waals surface area (Å²) >= 11 is 0. The monoisotopic (exact) mass is 369 g/mol. The highest BCUT2D eigenvalue weighted by Gasteiger charge is 2.36. The Morgan fingerprint density at radius 3 is 2.89 bits per heavy atom. The van der Waals surface area contributed by atoms with Crippen molar-refractivity contribution in [2.75, 3.05) is 19.7 Å². The average molecular weight is 369 g/mol. The van der Waals surface area contributed by atoms with Gasteiger partial charge in [0.05, 0.1) is 12.5 Å². The number of carbonyl (C=O) groups excluding carboxylic acids is 1. The molecule has 0 atom stereocenters. The first-order valence-electron chi connectivity index (χ1n) is 9.97. The number of carbonyl (C=O) groups is 1. The van der Waals surface area contributed by atoms with Crippen LogP contribution >= 0.6 is 0 Å². The molecule has 0 radical (unpaired) electrons. The molecule has 6 nitrogen and oxygen atoms in total. The number of likely N-dealkylation sites (tertiary alicyclic amines) is 1. The molecule has 1 saturated carbocycles. The zero-order valence-electron chi connectivity index (χ0n) is 15.9. The minimum atomic E-state index is 0.177. The van der Waals surface area contributed by atoms with E-state index in [2.05, 4.69) is 10.1 Å². The molecule has 1 aliphatic carbocycles. The van der Waals surface area contributed by atoms with Gasteiger partial charge >= 0.3 is 0 Å². The summed E-state index contributed by atoms with van der Waals surface area (Å²) in [4.78, 5) is 18.7. The molecule has 2 aromatic rings. The van der Waals surface area contributed by atoms with Crippen molar-refractivity contribution < 1.29 is 14.1 Å². The summed E-state index contributed by atoms with van der Waals surface area (Å²) in [5, 5.41) is 4.05. The lowest BCUT2D eigenvalue weighted by Gasteiger charge is -2.37. The van der Waals surface area contributed by atoms with Gasteiger partial charge in [0.15, 0.2) is 5.82 Å². The van der Waals surface area contributed by atoms with Crippen molar-refractivity contribution in [3.63, 3.8) is 0 Å². The van der Waals surface area contributed by atoms with Gasteiger partial charge in [0.2, 0.25) is 11.8 Å². The number of amides is 1. The largest absolute Gasteiger partial charge is 0.493 e. The second kappa shape index (κ2) is 8.11. The van der Waals surface area contributed by atoms with Crippen LogP contribution in [0.15, 0.2) is 28.8 Å². The van der Waals surface area contributed by atoms with Crippen molar-refractivity contribution in [2.45, 2.75) is 51.4 Å². The highest BCUT2D eigenvalue weighted by Crippen LogP contribution is 2.31. The molecular weight excluding hydrogens is 342 g/mol. The van der Waals surface area contributed by atoms with Crippen molar-refractivity contribution in [2.24, 2.45) is 5.92 Å². The van der Waals surface area contributed by atoms with Crippen LogP contribution in [0.5, 0.6) is 5.75 Å². The lowest BCUT2D eigenvalue weighted by molar-refractivity contribution is -0.137. The van der Waals surface area contributed by atoms with Gasteiger partial charge in [0.1, 0.15) is 5.75 Å². The summed E-state index contributed by atoms with van der Waals surface area (Å²) < 4.78 is 11.1. The summed E-state index contributed by atoms with van der Waals surface area (Å²) in [6, 6.07) is 7.97. The van der Waals surface area contributed by atoms with Gasteiger partial charge in [-0.2, -0.15) is 4.98 Å². The molecule has 1 amide bonds. The molecule has 1 aliphatic heterocycles. The first-order chi connectivity index (χ1) is 13.2. The summed E-state index contributed by atoms with van der Waals surface area (Å²) in [5.74, 6) is 3.22. The molecule has 0 N–H and O–H groups in total. The maximum absolute atomic E-state index is 12.3. The smallest absolute Gasteiger partial charge is 0.233 e. The fourth-order valence-corrected chi connectivity index (χ4v) is 3.93. The highest BCUT2D eigenvalue weighted by molar-refractivity contribution is 5.77. The number of nitrogens with zero attached hydrogens (tertiary/aromatic N) is 3. The fourth-order valence-electron chi connectivity index (χ4n) is 3.93. The van der Waals surface area contributed by atoms with E-state index in [0.717, 1.165) is 5.75 Å². The third-order valence-electron chi connectivity index (χ3n) is 5.59. The van der Waals surface area contributed by atoms with Crippen LogP contribution in [0.2, 0.25) is 0 Å². The number of hydrogen-bond donors (Lipinski definition) is 0. The molecule has 1 aromatic carbocycles. The predicted molar refractivity (Wildman–Crippen MR) is 101 cm³/mol. The van der Waals surface area contributed by atoms with E-state index < -0.39 is 0 Å². The van der Waals surface area contributed by atoms with Crippen LogP contribution in [0.4, 0.5) is 0 Å². The molecule has 2 fully saturated rings. The van der Waals surface area contributed by atoms with Gasteiger partial charge in [-0.1, -0.05) is 30.1 Å². The van der Waals surface area contributed by atoms with E-state index in [0.29, 0.717) is 50.2 Å². The maximum Gasteiger partial charge on any atom is 0.233 e. The van der Waals surface area contributed by atoms with Gasteiger partial charge in [-0.15, -0.1) is 0 Å². The Hall–Kier alpha value is -2.37. The number of ether oxygens (including phenoxy) is 1. The lowest BCUT2D eigenvalue weighted by atomic mass is 9.97. The molecule has 1 aromatic heterocycles. The Morgan fingerprint density at radius 1 is 1.30 bits per heavy atom. The SMILES string of the molecule is Cc1cccc(OCCc2noc(C3CN(C(=O)CC4CCCC4)C3)n2)c1. The molecule has 0 bridgehead atoms. The summed E-state index contributed by atoms with van der Waals surface area (Å²) in [7, 11) is 0. The third kappa shape index (κ3) is 4.49. The van der Waals surface area contributed by atoms with Crippen molar-refractivity contribution in [1.82, 2.24) is 15.0 Å². The van der Waals surface area contributed by atoms with Gasteiger partial charge in [0, 0.05) is 25.9 Å². The average Bonchev–Trinajstić information content (AvgIpc) is 3.26. The van der Waals surface area contributed by atoms with E-state index in [-0.39, 0.29) is 11.8 Å². The predicted octanol–water partition coefficient (Wildman–Crippen LogP) is 3.51. The number of benzene rings is 1. The van der Waals surface area contributed by atoms with Gasteiger partial charge in [0.25, 0.3) is 0 Å². The van der Waals surface area contributed by atoms with Gasteiger partial charge in [-0.25, -0.2) is 0 Å². The van der Waals surface area contributed by atoms with Crippen LogP contribution in [-0.2, 0) is 11.2 Å². The molecule has 4 rings (SSSR count). The van der Waals surface area contributed by atoms with Crippen molar-refractivity contribution in [3.05, 3.63) is 41.5 Å². The first-order valence-corrected chi connectivity index (χ1v) is 9.97. The Kier molecular flexibility index (Phi) is 5.41. The number of hydrogen-bond acceptors (Lipinski definition) is 5. The molecule has 0 spiro atoms. The summed E-state index contributed by atoms with van der Waals surface area (Å²) in [6.45, 7) is 3.96. The number of rotatable bonds is 7. The van der Waals surface area contributed by atoms with E-state index in [1.165, 1.54) is 31.2 Å². The quantitative estimate of drug-likeness (QED) is 0.747. The van der Waals surface area contributed by atoms with Crippen LogP contribution in [0.3, 0.4) is 0 Å². The molecule has 144 valence electrons. The van der Waals surface area contributed by atoms with E-state index in [1.54, 1.807) is 0 Å². The van der Waals surface area contributed by atoms with Crippen LogP contribution in [0, 0.1) is 12.8 Å². The molecule has 1 saturated heterocycles. The Balaban J connectivity index is 1.20. The standard InChI is InChI=1S/C21H27N3O3/c1-15-5-4-8-18(11-15)26-10-9-19-22-21(27-23-19)17-13-24(14-17)20(25)12-16-6-2-3-7-16/h4-5,8,11,16-17H,2-3,6-7,9-10,12-14H2,1H3. The van der Waals surface area contributed by atoms with E-state index in [9.17, 15) is 4.79 Å². The molecular formula is C21H27N3O3. The normalized spacial score (nSPS) is 17.9. The molecule has 2 heterocycles. The van der Waals surface area contributed by atoms with Gasteiger partial charge in [-0.05, 0) is 43.4 Å². The minimum Gasteiger partial charge on any atom is -0.493 e. The van der Waals surface area contributed by atoms with E-state index in [4.69, 9.17) is 9.26 Å². The van der Waals surface area contributed by atoms with Gasteiger partial charge in [-0.3, -0.25) is 4.79 Å². The third-order valence-corrected chi connectivity index (χ3v) is 5.59.